The Hall–Kier alpha value is -1.36. The van der Waals surface area contributed by atoms with Crippen LogP contribution in [0.25, 0.3) is 10.9 Å². The fraction of sp³-hybridized carbons (Fsp3) is 0.619. The van der Waals surface area contributed by atoms with Crippen molar-refractivity contribution in [3.8, 4) is 0 Å². The van der Waals surface area contributed by atoms with Gasteiger partial charge in [0.1, 0.15) is 0 Å². The topological polar surface area (TPSA) is 31.6 Å². The highest BCUT2D eigenvalue weighted by atomic mass is 16.3. The second kappa shape index (κ2) is 7.48. The zero-order valence-corrected chi connectivity index (χ0v) is 15.4. The Morgan fingerprint density at radius 2 is 1.76 bits per heavy atom. The number of hydrogen-bond donors (Lipinski definition) is 1. The number of aliphatic hydroxyl groups excluding tert-OH is 1. The van der Waals surface area contributed by atoms with Crippen LogP contribution in [0.5, 0.6) is 0 Å². The standard InChI is InChI=1S/C21H31N3O/c1-22-20(11-17-7-3-4-8-21(17)22)15-24-13-18(19(14-24)16-25)12-23-9-5-2-6-10-23/h3-4,7-8,11,18-19,25H,2,5-6,9-10,12-16H2,1H3/t18-,19-/m1/s1. The number of nitrogens with zero attached hydrogens (tertiary/aromatic N) is 3. The summed E-state index contributed by atoms with van der Waals surface area (Å²) in [5, 5.41) is 11.2. The van der Waals surface area contributed by atoms with Gasteiger partial charge in [-0.05, 0) is 55.3 Å². The fourth-order valence-corrected chi connectivity index (χ4v) is 4.78. The molecular weight excluding hydrogens is 310 g/mol. The Labute approximate surface area is 151 Å². The van der Waals surface area contributed by atoms with Crippen molar-refractivity contribution in [2.45, 2.75) is 25.8 Å². The van der Waals surface area contributed by atoms with Crippen LogP contribution in [0.2, 0.25) is 0 Å². The van der Waals surface area contributed by atoms with Gasteiger partial charge in [0.25, 0.3) is 0 Å². The second-order valence-electron chi connectivity index (χ2n) is 8.01. The van der Waals surface area contributed by atoms with E-state index in [2.05, 4.69) is 51.7 Å². The molecule has 0 spiro atoms. The lowest BCUT2D eigenvalue weighted by atomic mass is 9.95. The highest BCUT2D eigenvalue weighted by Gasteiger charge is 2.33. The van der Waals surface area contributed by atoms with Crippen LogP contribution in [-0.2, 0) is 13.6 Å². The molecular formula is C21H31N3O. The average Bonchev–Trinajstić information content (AvgIpc) is 3.17. The van der Waals surface area contributed by atoms with Crippen molar-refractivity contribution in [3.63, 3.8) is 0 Å². The second-order valence-corrected chi connectivity index (χ2v) is 8.01. The van der Waals surface area contributed by atoms with E-state index in [0.717, 1.165) is 26.2 Å². The summed E-state index contributed by atoms with van der Waals surface area (Å²) >= 11 is 0. The molecule has 1 N–H and O–H groups in total. The Morgan fingerprint density at radius 1 is 1.00 bits per heavy atom. The SMILES string of the molecule is Cn1c(CN2C[C@@H](CN3CCCCC3)[C@@H](CO)C2)cc2ccccc21. The minimum absolute atomic E-state index is 0.324. The van der Waals surface area contributed by atoms with Crippen molar-refractivity contribution in [2.75, 3.05) is 39.3 Å². The van der Waals surface area contributed by atoms with E-state index in [1.807, 2.05) is 0 Å². The molecule has 0 amide bonds. The smallest absolute Gasteiger partial charge is 0.0480 e. The number of para-hydroxylation sites is 1. The molecule has 3 heterocycles. The number of hydrogen-bond acceptors (Lipinski definition) is 3. The molecule has 4 rings (SSSR count). The van der Waals surface area contributed by atoms with Crippen LogP contribution in [0.3, 0.4) is 0 Å². The number of piperidine rings is 1. The first-order valence-corrected chi connectivity index (χ1v) is 9.83. The third-order valence-electron chi connectivity index (χ3n) is 6.26. The molecule has 0 radical (unpaired) electrons. The van der Waals surface area contributed by atoms with Crippen molar-refractivity contribution < 1.29 is 5.11 Å². The van der Waals surface area contributed by atoms with Crippen LogP contribution in [0.1, 0.15) is 25.0 Å². The number of rotatable bonds is 5. The lowest BCUT2D eigenvalue weighted by molar-refractivity contribution is 0.149. The van der Waals surface area contributed by atoms with E-state index in [0.29, 0.717) is 18.4 Å². The van der Waals surface area contributed by atoms with Gasteiger partial charge in [0.05, 0.1) is 0 Å². The molecule has 2 aromatic rings. The van der Waals surface area contributed by atoms with Gasteiger partial charge in [-0.25, -0.2) is 0 Å². The summed E-state index contributed by atoms with van der Waals surface area (Å²) in [6.45, 7) is 7.11. The van der Waals surface area contributed by atoms with E-state index in [-0.39, 0.29) is 0 Å². The molecule has 1 aromatic heterocycles. The fourth-order valence-electron chi connectivity index (χ4n) is 4.78. The summed E-state index contributed by atoms with van der Waals surface area (Å²) in [5.74, 6) is 1.04. The van der Waals surface area contributed by atoms with E-state index < -0.39 is 0 Å². The third-order valence-corrected chi connectivity index (χ3v) is 6.26. The zero-order chi connectivity index (χ0) is 17.2. The minimum Gasteiger partial charge on any atom is -0.396 e. The molecule has 4 nitrogen and oxygen atoms in total. The molecule has 2 fully saturated rings. The lowest BCUT2D eigenvalue weighted by Gasteiger charge is -2.30. The molecule has 2 atom stereocenters. The van der Waals surface area contributed by atoms with Crippen LogP contribution in [0.4, 0.5) is 0 Å². The molecule has 0 saturated carbocycles. The summed E-state index contributed by atoms with van der Waals surface area (Å²) in [7, 11) is 2.17. The van der Waals surface area contributed by atoms with Crippen molar-refractivity contribution in [1.29, 1.82) is 0 Å². The largest absolute Gasteiger partial charge is 0.396 e. The average molecular weight is 341 g/mol. The monoisotopic (exact) mass is 341 g/mol. The quantitative estimate of drug-likeness (QED) is 0.907. The number of aryl methyl sites for hydroxylation is 1. The first-order valence-electron chi connectivity index (χ1n) is 9.83. The van der Waals surface area contributed by atoms with Crippen LogP contribution in [0, 0.1) is 11.8 Å². The first kappa shape index (κ1) is 17.1. The summed E-state index contributed by atoms with van der Waals surface area (Å²) in [6.07, 6.45) is 4.07. The predicted molar refractivity (Wildman–Crippen MR) is 103 cm³/mol. The summed E-state index contributed by atoms with van der Waals surface area (Å²) in [5.41, 5.74) is 2.68. The summed E-state index contributed by atoms with van der Waals surface area (Å²) < 4.78 is 2.32. The molecule has 1 aromatic carbocycles. The van der Waals surface area contributed by atoms with Crippen LogP contribution in [0.15, 0.2) is 30.3 Å². The van der Waals surface area contributed by atoms with Gasteiger partial charge in [0.2, 0.25) is 0 Å². The van der Waals surface area contributed by atoms with Gasteiger partial charge in [-0.1, -0.05) is 24.6 Å². The van der Waals surface area contributed by atoms with E-state index in [1.165, 1.54) is 48.9 Å². The highest BCUT2D eigenvalue weighted by Crippen LogP contribution is 2.28. The predicted octanol–water partition coefficient (Wildman–Crippen LogP) is 2.70. The van der Waals surface area contributed by atoms with E-state index in [9.17, 15) is 5.11 Å². The van der Waals surface area contributed by atoms with E-state index >= 15 is 0 Å². The first-order chi connectivity index (χ1) is 12.2. The number of aliphatic hydroxyl groups is 1. The van der Waals surface area contributed by atoms with Gasteiger partial charge in [0.15, 0.2) is 0 Å². The Balaban J connectivity index is 1.43. The normalized spacial score (nSPS) is 25.8. The molecule has 0 unspecified atom stereocenters. The number of benzene rings is 1. The zero-order valence-electron chi connectivity index (χ0n) is 15.4. The molecule has 0 aliphatic carbocycles. The molecule has 136 valence electrons. The van der Waals surface area contributed by atoms with Crippen LogP contribution >= 0.6 is 0 Å². The molecule has 2 saturated heterocycles. The maximum Gasteiger partial charge on any atom is 0.0480 e. The summed E-state index contributed by atoms with van der Waals surface area (Å²) in [4.78, 5) is 5.17. The maximum absolute atomic E-state index is 9.87. The Morgan fingerprint density at radius 3 is 2.52 bits per heavy atom. The minimum atomic E-state index is 0.324. The van der Waals surface area contributed by atoms with Gasteiger partial charge in [0, 0.05) is 51.0 Å². The van der Waals surface area contributed by atoms with Crippen molar-refractivity contribution in [3.05, 3.63) is 36.0 Å². The number of aromatic nitrogens is 1. The van der Waals surface area contributed by atoms with Gasteiger partial charge < -0.3 is 14.6 Å². The molecule has 25 heavy (non-hydrogen) atoms. The van der Waals surface area contributed by atoms with Gasteiger partial charge in [-0.2, -0.15) is 0 Å². The molecule has 2 aliphatic heterocycles. The summed E-state index contributed by atoms with van der Waals surface area (Å²) in [6, 6.07) is 10.9. The molecule has 2 aliphatic rings. The Kier molecular flexibility index (Phi) is 5.11. The maximum atomic E-state index is 9.87. The lowest BCUT2D eigenvalue weighted by Crippen LogP contribution is -2.37. The van der Waals surface area contributed by atoms with Crippen molar-refractivity contribution >= 4 is 10.9 Å². The van der Waals surface area contributed by atoms with Gasteiger partial charge in [-0.3, -0.25) is 4.90 Å². The van der Waals surface area contributed by atoms with Crippen molar-refractivity contribution in [1.82, 2.24) is 14.4 Å². The highest BCUT2D eigenvalue weighted by molar-refractivity contribution is 5.81. The number of fused-ring (bicyclic) bond motifs is 1. The van der Waals surface area contributed by atoms with Gasteiger partial charge in [-0.15, -0.1) is 0 Å². The van der Waals surface area contributed by atoms with Gasteiger partial charge >= 0.3 is 0 Å². The number of likely N-dealkylation sites (tertiary alicyclic amines) is 2. The Bertz CT molecular complexity index is 704. The van der Waals surface area contributed by atoms with E-state index in [4.69, 9.17) is 0 Å². The van der Waals surface area contributed by atoms with Crippen molar-refractivity contribution in [2.24, 2.45) is 18.9 Å². The third kappa shape index (κ3) is 3.62. The molecule has 4 heteroatoms. The van der Waals surface area contributed by atoms with Crippen LogP contribution in [-0.4, -0.2) is 58.8 Å². The van der Waals surface area contributed by atoms with E-state index in [1.54, 1.807) is 0 Å². The van der Waals surface area contributed by atoms with Crippen LogP contribution < -0.4 is 0 Å². The molecule has 0 bridgehead atoms.